The predicted octanol–water partition coefficient (Wildman–Crippen LogP) is 2.92. The van der Waals surface area contributed by atoms with Crippen molar-refractivity contribution in [2.24, 2.45) is 5.92 Å². The van der Waals surface area contributed by atoms with Crippen LogP contribution in [0.2, 0.25) is 0 Å². The third-order valence-electron chi connectivity index (χ3n) is 6.53. The van der Waals surface area contributed by atoms with Crippen molar-refractivity contribution in [2.45, 2.75) is 57.2 Å². The van der Waals surface area contributed by atoms with Gasteiger partial charge in [-0.3, -0.25) is 4.79 Å². The van der Waals surface area contributed by atoms with Crippen LogP contribution in [0.15, 0.2) is 34.7 Å². The van der Waals surface area contributed by atoms with Crippen LogP contribution in [0.3, 0.4) is 0 Å². The van der Waals surface area contributed by atoms with Gasteiger partial charge in [-0.05, 0) is 31.2 Å². The summed E-state index contributed by atoms with van der Waals surface area (Å²) in [7, 11) is 0. The molecule has 1 aromatic heterocycles. The molecular formula is C23H30ClN3O3. The molecule has 7 heteroatoms. The van der Waals surface area contributed by atoms with E-state index in [1.807, 2.05) is 11.0 Å². The Balaban J connectivity index is 0.00000218. The van der Waals surface area contributed by atoms with Gasteiger partial charge in [-0.25, -0.2) is 4.98 Å². The molecule has 1 amide bonds. The lowest BCUT2D eigenvalue weighted by molar-refractivity contribution is -0.140. The number of hydrogen-bond acceptors (Lipinski definition) is 5. The molecule has 1 aromatic carbocycles. The lowest BCUT2D eigenvalue weighted by Crippen LogP contribution is -2.53. The van der Waals surface area contributed by atoms with Crippen molar-refractivity contribution < 1.29 is 13.9 Å². The Morgan fingerprint density at radius 1 is 1.20 bits per heavy atom. The van der Waals surface area contributed by atoms with E-state index in [0.717, 1.165) is 75.6 Å². The number of fused-ring (bicyclic) bond motifs is 2. The number of nitrogens with one attached hydrogen (secondary N) is 1. The van der Waals surface area contributed by atoms with Gasteiger partial charge in [0.2, 0.25) is 5.91 Å². The van der Waals surface area contributed by atoms with Crippen molar-refractivity contribution in [2.75, 3.05) is 19.7 Å². The van der Waals surface area contributed by atoms with E-state index in [0.29, 0.717) is 12.6 Å². The van der Waals surface area contributed by atoms with Crippen LogP contribution in [0.4, 0.5) is 0 Å². The van der Waals surface area contributed by atoms with Gasteiger partial charge in [0.15, 0.2) is 5.89 Å². The van der Waals surface area contributed by atoms with Crippen molar-refractivity contribution in [3.8, 4) is 0 Å². The number of carbonyl (C=O) groups excluding carboxylic acids is 1. The van der Waals surface area contributed by atoms with Gasteiger partial charge in [-0.1, -0.05) is 30.3 Å². The second-order valence-electron chi connectivity index (χ2n) is 8.45. The summed E-state index contributed by atoms with van der Waals surface area (Å²) in [6, 6.07) is 10.7. The lowest BCUT2D eigenvalue weighted by Gasteiger charge is -2.40. The first-order valence-electron chi connectivity index (χ1n) is 10.9. The molecule has 3 aliphatic rings. The Kier molecular flexibility index (Phi) is 6.76. The number of aromatic nitrogens is 1. The Morgan fingerprint density at radius 3 is 2.93 bits per heavy atom. The number of hydrogen-bond donors (Lipinski definition) is 1. The molecule has 1 aliphatic carbocycles. The number of rotatable bonds is 4. The number of carbonyl (C=O) groups is 1. The quantitative estimate of drug-likeness (QED) is 0.806. The van der Waals surface area contributed by atoms with Gasteiger partial charge in [0.25, 0.3) is 0 Å². The van der Waals surface area contributed by atoms with Gasteiger partial charge in [0.1, 0.15) is 11.5 Å². The molecule has 3 atom stereocenters. The molecule has 3 heterocycles. The van der Waals surface area contributed by atoms with Crippen molar-refractivity contribution in [1.82, 2.24) is 15.2 Å². The summed E-state index contributed by atoms with van der Waals surface area (Å²) in [6.45, 7) is 2.98. The van der Waals surface area contributed by atoms with E-state index in [-0.39, 0.29) is 30.3 Å². The fourth-order valence-corrected chi connectivity index (χ4v) is 4.94. The van der Waals surface area contributed by atoms with E-state index in [2.05, 4.69) is 29.6 Å². The Hall–Kier alpha value is -1.89. The van der Waals surface area contributed by atoms with Gasteiger partial charge in [-0.2, -0.15) is 0 Å². The normalized spacial score (nSPS) is 25.7. The minimum atomic E-state index is 0. The highest BCUT2D eigenvalue weighted by atomic mass is 35.5. The maximum atomic E-state index is 13.2. The van der Waals surface area contributed by atoms with E-state index in [1.54, 1.807) is 0 Å². The number of aryl methyl sites for hydroxylation is 2. The number of benzene rings is 1. The first kappa shape index (κ1) is 21.3. The molecule has 1 N–H and O–H groups in total. The van der Waals surface area contributed by atoms with Crippen LogP contribution in [0.25, 0.3) is 0 Å². The molecule has 1 saturated carbocycles. The monoisotopic (exact) mass is 431 g/mol. The largest absolute Gasteiger partial charge is 0.445 e. The number of nitrogens with zero attached hydrogens (tertiary/aromatic N) is 2. The minimum absolute atomic E-state index is 0. The number of oxazole rings is 1. The molecule has 0 unspecified atom stereocenters. The second-order valence-corrected chi connectivity index (χ2v) is 8.45. The third kappa shape index (κ3) is 4.56. The Bertz CT molecular complexity index is 857. The summed E-state index contributed by atoms with van der Waals surface area (Å²) in [5.41, 5.74) is 2.23. The van der Waals surface area contributed by atoms with Crippen LogP contribution in [0.5, 0.6) is 0 Å². The molecule has 6 nitrogen and oxygen atoms in total. The van der Waals surface area contributed by atoms with Crippen LogP contribution >= 0.6 is 12.4 Å². The highest BCUT2D eigenvalue weighted by Crippen LogP contribution is 2.31. The summed E-state index contributed by atoms with van der Waals surface area (Å²) in [4.78, 5) is 19.9. The van der Waals surface area contributed by atoms with Crippen LogP contribution in [0, 0.1) is 5.92 Å². The lowest BCUT2D eigenvalue weighted by atomic mass is 9.82. The van der Waals surface area contributed by atoms with Crippen LogP contribution in [-0.2, 0) is 35.3 Å². The molecule has 1 saturated heterocycles. The van der Waals surface area contributed by atoms with Crippen molar-refractivity contribution in [3.63, 3.8) is 0 Å². The predicted molar refractivity (Wildman–Crippen MR) is 116 cm³/mol. The third-order valence-corrected chi connectivity index (χ3v) is 6.53. The van der Waals surface area contributed by atoms with Crippen molar-refractivity contribution >= 4 is 18.3 Å². The summed E-state index contributed by atoms with van der Waals surface area (Å²) in [5, 5.41) is 3.53. The summed E-state index contributed by atoms with van der Waals surface area (Å²) in [6.07, 6.45) is 5.54. The van der Waals surface area contributed by atoms with Crippen molar-refractivity contribution in [1.29, 1.82) is 0 Å². The number of ether oxygens (including phenoxy) is 1. The Labute approximate surface area is 183 Å². The maximum absolute atomic E-state index is 13.2. The molecule has 0 spiro atoms. The smallest absolute Gasteiger partial charge is 0.226 e. The average molecular weight is 432 g/mol. The molecule has 0 bridgehead atoms. The highest BCUT2D eigenvalue weighted by Gasteiger charge is 2.38. The topological polar surface area (TPSA) is 67.6 Å². The number of morpholine rings is 1. The minimum Gasteiger partial charge on any atom is -0.445 e. The maximum Gasteiger partial charge on any atom is 0.226 e. The zero-order valence-corrected chi connectivity index (χ0v) is 18.0. The van der Waals surface area contributed by atoms with E-state index in [4.69, 9.17) is 14.1 Å². The first-order valence-corrected chi connectivity index (χ1v) is 10.9. The van der Waals surface area contributed by atoms with Gasteiger partial charge < -0.3 is 19.4 Å². The average Bonchev–Trinajstić information content (AvgIpc) is 3.20. The van der Waals surface area contributed by atoms with Gasteiger partial charge in [-0.15, -0.1) is 12.4 Å². The van der Waals surface area contributed by atoms with Gasteiger partial charge in [0, 0.05) is 37.9 Å². The van der Waals surface area contributed by atoms with Gasteiger partial charge >= 0.3 is 0 Å². The molecular weight excluding hydrogens is 402 g/mol. The van der Waals surface area contributed by atoms with E-state index >= 15 is 0 Å². The highest BCUT2D eigenvalue weighted by molar-refractivity contribution is 5.85. The van der Waals surface area contributed by atoms with Gasteiger partial charge in [0.05, 0.1) is 19.3 Å². The van der Waals surface area contributed by atoms with Crippen LogP contribution < -0.4 is 5.32 Å². The van der Waals surface area contributed by atoms with Crippen molar-refractivity contribution in [3.05, 3.63) is 53.2 Å². The SMILES string of the molecule is Cl.O=C([C@H]1CC[C@H]2OCCN[C@@H]2C1)N1CCc2oc(CCc3ccccc3)nc2C1. The van der Waals surface area contributed by atoms with E-state index in [1.165, 1.54) is 5.56 Å². The summed E-state index contributed by atoms with van der Waals surface area (Å²) in [5.74, 6) is 2.12. The van der Waals surface area contributed by atoms with E-state index < -0.39 is 0 Å². The number of amides is 1. The molecule has 30 heavy (non-hydrogen) atoms. The second kappa shape index (κ2) is 9.50. The summed E-state index contributed by atoms with van der Waals surface area (Å²) >= 11 is 0. The first-order chi connectivity index (χ1) is 14.3. The van der Waals surface area contributed by atoms with Crippen LogP contribution in [0.1, 0.15) is 42.2 Å². The van der Waals surface area contributed by atoms with Crippen LogP contribution in [-0.4, -0.2) is 47.6 Å². The molecule has 5 rings (SSSR count). The molecule has 162 valence electrons. The summed E-state index contributed by atoms with van der Waals surface area (Å²) < 4.78 is 11.8. The molecule has 2 aromatic rings. The fourth-order valence-electron chi connectivity index (χ4n) is 4.94. The standard InChI is InChI=1S/C23H29N3O3.ClH/c27-23(17-7-8-20-18(14-17)24-11-13-28-20)26-12-10-21-19(15-26)25-22(29-21)9-6-16-4-2-1-3-5-16;/h1-5,17-18,20,24H,6-15H2;1H/t17-,18+,20+;/m0./s1. The Morgan fingerprint density at radius 2 is 2.07 bits per heavy atom. The molecule has 2 fully saturated rings. The number of halogens is 1. The fraction of sp³-hybridized carbons (Fsp3) is 0.565. The van der Waals surface area contributed by atoms with E-state index in [9.17, 15) is 4.79 Å². The zero-order chi connectivity index (χ0) is 19.6. The molecule has 2 aliphatic heterocycles. The zero-order valence-electron chi connectivity index (χ0n) is 17.2. The molecule has 0 radical (unpaired) electrons.